The summed E-state index contributed by atoms with van der Waals surface area (Å²) < 4.78 is 40.4. The van der Waals surface area contributed by atoms with Crippen LogP contribution in [0.2, 0.25) is 0 Å². The average molecular weight is 436 g/mol. The first-order valence-corrected chi connectivity index (χ1v) is 11.4. The maximum absolute atomic E-state index is 13.4. The Morgan fingerprint density at radius 1 is 1.13 bits per heavy atom. The second kappa shape index (κ2) is 8.69. The van der Waals surface area contributed by atoms with Crippen LogP contribution in [0.25, 0.3) is 0 Å². The van der Waals surface area contributed by atoms with Crippen LogP contribution in [-0.2, 0) is 21.8 Å². The molecule has 1 aliphatic rings. The zero-order valence-electron chi connectivity index (χ0n) is 18.1. The monoisotopic (exact) mass is 435 g/mol. The first kappa shape index (κ1) is 22.2. The molecule has 8 nitrogen and oxygen atoms in total. The van der Waals surface area contributed by atoms with Crippen LogP contribution < -0.4 is 9.64 Å². The van der Waals surface area contributed by atoms with Crippen LogP contribution in [0.1, 0.15) is 28.7 Å². The smallest absolute Gasteiger partial charge is 0.355 e. The van der Waals surface area contributed by atoms with E-state index in [1.807, 2.05) is 24.3 Å². The predicted molar refractivity (Wildman–Crippen MR) is 115 cm³/mol. The fourth-order valence-corrected chi connectivity index (χ4v) is 5.84. The van der Waals surface area contributed by atoms with Gasteiger partial charge in [0.05, 0.1) is 13.7 Å². The van der Waals surface area contributed by atoms with Gasteiger partial charge in [0.2, 0.25) is 10.0 Å². The summed E-state index contributed by atoms with van der Waals surface area (Å²) in [5, 5.41) is 0. The van der Waals surface area contributed by atoms with Crippen molar-refractivity contribution in [2.75, 3.05) is 44.8 Å². The number of methoxy groups -OCH3 is 1. The Bertz CT molecular complexity index is 1040. The molecule has 1 fully saturated rings. The summed E-state index contributed by atoms with van der Waals surface area (Å²) in [7, 11) is -0.426. The number of anilines is 1. The van der Waals surface area contributed by atoms with E-state index in [1.165, 1.54) is 4.31 Å². The minimum absolute atomic E-state index is 0.197. The number of carbonyl (C=O) groups is 1. The van der Waals surface area contributed by atoms with E-state index in [0.717, 1.165) is 11.4 Å². The highest BCUT2D eigenvalue weighted by Crippen LogP contribution is 2.30. The molecule has 1 saturated heterocycles. The van der Waals surface area contributed by atoms with Crippen molar-refractivity contribution in [2.45, 2.75) is 25.7 Å². The Kier molecular flexibility index (Phi) is 6.42. The van der Waals surface area contributed by atoms with Gasteiger partial charge >= 0.3 is 5.97 Å². The fraction of sp³-hybridized carbons (Fsp3) is 0.476. The number of aromatic nitrogens is 1. The third-order valence-electron chi connectivity index (χ3n) is 5.59. The van der Waals surface area contributed by atoms with Crippen LogP contribution in [0.3, 0.4) is 0 Å². The van der Waals surface area contributed by atoms with E-state index in [4.69, 9.17) is 9.47 Å². The molecule has 1 aliphatic heterocycles. The van der Waals surface area contributed by atoms with E-state index in [-0.39, 0.29) is 17.2 Å². The lowest BCUT2D eigenvalue weighted by Crippen LogP contribution is -2.48. The molecule has 1 aromatic carbocycles. The van der Waals surface area contributed by atoms with Gasteiger partial charge in [-0.2, -0.15) is 4.31 Å². The van der Waals surface area contributed by atoms with Gasteiger partial charge in [-0.05, 0) is 32.9 Å². The molecule has 0 radical (unpaired) electrons. The Balaban J connectivity index is 1.84. The van der Waals surface area contributed by atoms with E-state index < -0.39 is 16.0 Å². The van der Waals surface area contributed by atoms with Crippen molar-refractivity contribution < 1.29 is 22.7 Å². The van der Waals surface area contributed by atoms with Gasteiger partial charge in [0.15, 0.2) is 0 Å². The molecule has 0 atom stereocenters. The van der Waals surface area contributed by atoms with Crippen molar-refractivity contribution >= 4 is 21.7 Å². The van der Waals surface area contributed by atoms with Gasteiger partial charge in [-0.1, -0.05) is 6.07 Å². The van der Waals surface area contributed by atoms with Crippen molar-refractivity contribution in [1.82, 2.24) is 8.87 Å². The quantitative estimate of drug-likeness (QED) is 0.648. The molecular weight excluding hydrogens is 406 g/mol. The average Bonchev–Trinajstić information content (AvgIpc) is 2.97. The van der Waals surface area contributed by atoms with Crippen LogP contribution in [0.5, 0.6) is 5.75 Å². The topological polar surface area (TPSA) is 81.1 Å². The number of carbonyl (C=O) groups excluding carboxylic acids is 1. The predicted octanol–water partition coefficient (Wildman–Crippen LogP) is 2.34. The van der Waals surface area contributed by atoms with Crippen LogP contribution in [-0.4, -0.2) is 63.2 Å². The van der Waals surface area contributed by atoms with E-state index >= 15 is 0 Å². The molecule has 0 amide bonds. The number of nitrogens with zero attached hydrogens (tertiary/aromatic N) is 3. The van der Waals surface area contributed by atoms with Gasteiger partial charge in [0.25, 0.3) is 0 Å². The molecular formula is C21H29N3O5S. The van der Waals surface area contributed by atoms with Crippen LogP contribution in [0.4, 0.5) is 5.69 Å². The highest BCUT2D eigenvalue weighted by molar-refractivity contribution is 7.89. The third kappa shape index (κ3) is 3.91. The third-order valence-corrected chi connectivity index (χ3v) is 7.75. The van der Waals surface area contributed by atoms with Crippen LogP contribution >= 0.6 is 0 Å². The number of sulfonamides is 1. The summed E-state index contributed by atoms with van der Waals surface area (Å²) in [4.78, 5) is 14.7. The minimum Gasteiger partial charge on any atom is -0.497 e. The number of rotatable bonds is 6. The van der Waals surface area contributed by atoms with E-state index in [2.05, 4.69) is 4.90 Å². The standard InChI is InChI=1S/C21H29N3O5S/c1-6-29-21(25)19-15(2)20(16(3)22(19)4)30(26,27)24-12-10-23(11-13-24)17-8-7-9-18(14-17)28-5/h7-9,14H,6,10-13H2,1-5H3. The Morgan fingerprint density at radius 2 is 1.80 bits per heavy atom. The number of benzene rings is 1. The Hall–Kier alpha value is -2.52. The molecule has 2 aromatic rings. The van der Waals surface area contributed by atoms with Gasteiger partial charge in [-0.3, -0.25) is 0 Å². The molecule has 0 N–H and O–H groups in total. The van der Waals surface area contributed by atoms with Gasteiger partial charge in [0, 0.05) is 56.2 Å². The van der Waals surface area contributed by atoms with Gasteiger partial charge < -0.3 is 18.9 Å². The zero-order chi connectivity index (χ0) is 22.1. The Labute approximate surface area is 178 Å². The van der Waals surface area contributed by atoms with Crippen LogP contribution in [0.15, 0.2) is 29.2 Å². The van der Waals surface area contributed by atoms with Crippen molar-refractivity contribution in [3.8, 4) is 5.75 Å². The number of ether oxygens (including phenoxy) is 2. The van der Waals surface area contributed by atoms with Crippen molar-refractivity contribution in [3.63, 3.8) is 0 Å². The lowest BCUT2D eigenvalue weighted by molar-refractivity contribution is 0.0514. The molecule has 0 saturated carbocycles. The first-order valence-electron chi connectivity index (χ1n) is 9.94. The SMILES string of the molecule is CCOC(=O)c1c(C)c(S(=O)(=O)N2CCN(c3cccc(OC)c3)CC2)c(C)n1C. The second-order valence-corrected chi connectivity index (χ2v) is 9.14. The normalized spacial score (nSPS) is 15.3. The van der Waals surface area contributed by atoms with E-state index in [1.54, 1.807) is 39.5 Å². The fourth-order valence-electron chi connectivity index (χ4n) is 3.94. The molecule has 1 aromatic heterocycles. The summed E-state index contributed by atoms with van der Waals surface area (Å²) in [5.74, 6) is 0.259. The molecule has 0 unspecified atom stereocenters. The summed E-state index contributed by atoms with van der Waals surface area (Å²) in [6, 6.07) is 7.74. The number of piperazine rings is 1. The lowest BCUT2D eigenvalue weighted by atomic mass is 10.2. The maximum atomic E-state index is 13.4. The van der Waals surface area contributed by atoms with Gasteiger partial charge in [-0.25, -0.2) is 13.2 Å². The van der Waals surface area contributed by atoms with Gasteiger partial charge in [-0.15, -0.1) is 0 Å². The number of hydrogen-bond acceptors (Lipinski definition) is 6. The van der Waals surface area contributed by atoms with Gasteiger partial charge in [0.1, 0.15) is 16.3 Å². The Morgan fingerprint density at radius 3 is 2.40 bits per heavy atom. The molecule has 2 heterocycles. The zero-order valence-corrected chi connectivity index (χ0v) is 19.0. The molecule has 0 bridgehead atoms. The maximum Gasteiger partial charge on any atom is 0.355 e. The van der Waals surface area contributed by atoms with E-state index in [0.29, 0.717) is 37.4 Å². The highest BCUT2D eigenvalue weighted by atomic mass is 32.2. The summed E-state index contributed by atoms with van der Waals surface area (Å²) in [6.45, 7) is 7.21. The second-order valence-electron chi connectivity index (χ2n) is 7.26. The number of esters is 1. The molecule has 9 heteroatoms. The van der Waals surface area contributed by atoms with Crippen LogP contribution in [0, 0.1) is 13.8 Å². The van der Waals surface area contributed by atoms with Crippen molar-refractivity contribution in [1.29, 1.82) is 0 Å². The van der Waals surface area contributed by atoms with Crippen molar-refractivity contribution in [2.24, 2.45) is 7.05 Å². The lowest BCUT2D eigenvalue weighted by Gasteiger charge is -2.35. The number of hydrogen-bond donors (Lipinski definition) is 0. The largest absolute Gasteiger partial charge is 0.497 e. The highest BCUT2D eigenvalue weighted by Gasteiger charge is 2.35. The summed E-state index contributed by atoms with van der Waals surface area (Å²) >= 11 is 0. The molecule has 3 rings (SSSR count). The molecule has 164 valence electrons. The van der Waals surface area contributed by atoms with E-state index in [9.17, 15) is 13.2 Å². The first-order chi connectivity index (χ1) is 14.2. The summed E-state index contributed by atoms with van der Waals surface area (Å²) in [6.07, 6.45) is 0. The molecule has 30 heavy (non-hydrogen) atoms. The summed E-state index contributed by atoms with van der Waals surface area (Å²) in [5.41, 5.74) is 2.25. The molecule has 0 aliphatic carbocycles. The van der Waals surface area contributed by atoms with Crippen molar-refractivity contribution in [3.05, 3.63) is 41.2 Å². The molecule has 0 spiro atoms. The minimum atomic E-state index is -3.74.